The minimum absolute atomic E-state index is 0.192. The van der Waals surface area contributed by atoms with E-state index >= 15 is 0 Å². The van der Waals surface area contributed by atoms with E-state index in [1.54, 1.807) is 0 Å². The molecule has 2 fully saturated rings. The molecule has 0 unspecified atom stereocenters. The summed E-state index contributed by atoms with van der Waals surface area (Å²) in [5.74, 6) is 0.192. The second-order valence-electron chi connectivity index (χ2n) is 6.19. The molecule has 3 rings (SSSR count). The third kappa shape index (κ3) is 2.61. The highest BCUT2D eigenvalue weighted by molar-refractivity contribution is 7.13. The fourth-order valence-corrected chi connectivity index (χ4v) is 4.40. The molecule has 0 aliphatic carbocycles. The van der Waals surface area contributed by atoms with E-state index in [2.05, 4.69) is 10.3 Å². The molecular weight excluding hydrogens is 270 g/mol. The summed E-state index contributed by atoms with van der Waals surface area (Å²) >= 11 is 1.53. The van der Waals surface area contributed by atoms with Gasteiger partial charge in [0.2, 0.25) is 0 Å². The van der Waals surface area contributed by atoms with E-state index in [-0.39, 0.29) is 5.91 Å². The molecule has 1 aromatic rings. The average molecular weight is 293 g/mol. The van der Waals surface area contributed by atoms with Crippen molar-refractivity contribution in [1.82, 2.24) is 15.2 Å². The Labute approximate surface area is 124 Å². The van der Waals surface area contributed by atoms with Crippen LogP contribution >= 0.6 is 11.3 Å². The third-order valence-electron chi connectivity index (χ3n) is 4.87. The topological polar surface area (TPSA) is 45.2 Å². The summed E-state index contributed by atoms with van der Waals surface area (Å²) < 4.78 is 0. The molecule has 1 spiro atoms. The zero-order chi connectivity index (χ0) is 14.2. The van der Waals surface area contributed by atoms with Crippen LogP contribution in [0.15, 0.2) is 0 Å². The van der Waals surface area contributed by atoms with Crippen LogP contribution in [0.2, 0.25) is 0 Å². The summed E-state index contributed by atoms with van der Waals surface area (Å²) in [5, 5.41) is 4.42. The van der Waals surface area contributed by atoms with Crippen LogP contribution in [-0.2, 0) is 0 Å². The zero-order valence-electron chi connectivity index (χ0n) is 12.4. The predicted molar refractivity (Wildman–Crippen MR) is 81.3 cm³/mol. The largest absolute Gasteiger partial charge is 0.338 e. The van der Waals surface area contributed by atoms with Crippen LogP contribution < -0.4 is 5.32 Å². The maximum Gasteiger partial charge on any atom is 0.265 e. The third-order valence-corrected chi connectivity index (χ3v) is 5.93. The van der Waals surface area contributed by atoms with Gasteiger partial charge in [-0.25, -0.2) is 4.98 Å². The number of nitrogens with one attached hydrogen (secondary N) is 1. The first kappa shape index (κ1) is 14.0. The van der Waals surface area contributed by atoms with E-state index in [1.807, 2.05) is 18.7 Å². The number of carbonyl (C=O) groups excluding carboxylic acids is 1. The van der Waals surface area contributed by atoms with Gasteiger partial charge in [0.1, 0.15) is 4.88 Å². The molecular formula is C15H23N3OS. The van der Waals surface area contributed by atoms with Crippen molar-refractivity contribution >= 4 is 17.2 Å². The first-order valence-electron chi connectivity index (χ1n) is 7.54. The number of carbonyl (C=O) groups is 1. The summed E-state index contributed by atoms with van der Waals surface area (Å²) in [7, 11) is 0. The molecule has 4 nitrogen and oxygen atoms in total. The summed E-state index contributed by atoms with van der Waals surface area (Å²) in [5.41, 5.74) is 1.39. The Bertz CT molecular complexity index is 495. The van der Waals surface area contributed by atoms with Crippen LogP contribution in [-0.4, -0.2) is 42.0 Å². The fraction of sp³-hybridized carbons (Fsp3) is 0.733. The quantitative estimate of drug-likeness (QED) is 0.864. The Morgan fingerprint density at radius 3 is 2.40 bits per heavy atom. The van der Waals surface area contributed by atoms with Crippen LogP contribution in [0, 0.1) is 19.3 Å². The average Bonchev–Trinajstić information content (AvgIpc) is 2.79. The molecule has 2 aliphatic heterocycles. The number of amides is 1. The Hall–Kier alpha value is -0.940. The number of rotatable bonds is 1. The van der Waals surface area contributed by atoms with Gasteiger partial charge in [0.15, 0.2) is 0 Å². The van der Waals surface area contributed by atoms with Crippen molar-refractivity contribution in [3.63, 3.8) is 0 Å². The number of aromatic nitrogens is 1. The van der Waals surface area contributed by atoms with Gasteiger partial charge in [0, 0.05) is 13.1 Å². The Balaban J connectivity index is 1.66. The number of piperidine rings is 2. The number of nitrogens with zero attached hydrogens (tertiary/aromatic N) is 2. The summed E-state index contributed by atoms with van der Waals surface area (Å²) in [6.45, 7) is 8.01. The summed E-state index contributed by atoms with van der Waals surface area (Å²) in [6.07, 6.45) is 4.87. The van der Waals surface area contributed by atoms with Gasteiger partial charge >= 0.3 is 0 Å². The highest BCUT2D eigenvalue weighted by Crippen LogP contribution is 2.39. The Morgan fingerprint density at radius 1 is 1.20 bits per heavy atom. The lowest BCUT2D eigenvalue weighted by atomic mass is 9.71. The first-order valence-corrected chi connectivity index (χ1v) is 8.35. The van der Waals surface area contributed by atoms with Gasteiger partial charge in [0.25, 0.3) is 5.91 Å². The highest BCUT2D eigenvalue weighted by Gasteiger charge is 2.37. The molecule has 2 saturated heterocycles. The van der Waals surface area contributed by atoms with Crippen molar-refractivity contribution in [2.45, 2.75) is 39.5 Å². The van der Waals surface area contributed by atoms with E-state index in [4.69, 9.17) is 0 Å². The Morgan fingerprint density at radius 2 is 1.85 bits per heavy atom. The van der Waals surface area contributed by atoms with Crippen molar-refractivity contribution in [2.24, 2.45) is 5.41 Å². The first-order chi connectivity index (χ1) is 9.60. The van der Waals surface area contributed by atoms with Crippen molar-refractivity contribution < 1.29 is 4.79 Å². The predicted octanol–water partition coefficient (Wildman–Crippen LogP) is 2.37. The van der Waals surface area contributed by atoms with Gasteiger partial charge in [-0.3, -0.25) is 4.79 Å². The van der Waals surface area contributed by atoms with Crippen molar-refractivity contribution in [2.75, 3.05) is 26.2 Å². The second kappa shape index (κ2) is 5.45. The lowest BCUT2D eigenvalue weighted by molar-refractivity contribution is 0.0499. The molecule has 2 aliphatic rings. The normalized spacial score (nSPS) is 22.2. The molecule has 1 amide bonds. The SMILES string of the molecule is Cc1nc(C)c(C(=O)N2CCC3(CCNCC3)CC2)s1. The molecule has 1 N–H and O–H groups in total. The van der Waals surface area contributed by atoms with Gasteiger partial charge < -0.3 is 10.2 Å². The molecule has 110 valence electrons. The number of aryl methyl sites for hydroxylation is 2. The molecule has 5 heteroatoms. The van der Waals surface area contributed by atoms with Crippen LogP contribution in [0.3, 0.4) is 0 Å². The molecule has 20 heavy (non-hydrogen) atoms. The van der Waals surface area contributed by atoms with Crippen LogP contribution in [0.25, 0.3) is 0 Å². The van der Waals surface area contributed by atoms with Crippen molar-refractivity contribution in [1.29, 1.82) is 0 Å². The van der Waals surface area contributed by atoms with E-state index < -0.39 is 0 Å². The molecule has 3 heterocycles. The molecule has 0 saturated carbocycles. The number of thiazole rings is 1. The lowest BCUT2D eigenvalue weighted by Gasteiger charge is -2.44. The van der Waals surface area contributed by atoms with E-state index in [0.29, 0.717) is 5.41 Å². The van der Waals surface area contributed by atoms with Gasteiger partial charge in [-0.05, 0) is 58.0 Å². The van der Waals surface area contributed by atoms with Gasteiger partial charge in [0.05, 0.1) is 10.7 Å². The summed E-state index contributed by atoms with van der Waals surface area (Å²) in [6, 6.07) is 0. The van der Waals surface area contributed by atoms with Crippen molar-refractivity contribution in [3.05, 3.63) is 15.6 Å². The molecule has 0 aromatic carbocycles. The standard InChI is InChI=1S/C15H23N3OS/c1-11-13(20-12(2)17-11)14(19)18-9-5-15(6-10-18)3-7-16-8-4-15/h16H,3-10H2,1-2H3. The fourth-order valence-electron chi connectivity index (χ4n) is 3.51. The number of likely N-dealkylation sites (tertiary alicyclic amines) is 1. The summed E-state index contributed by atoms with van der Waals surface area (Å²) in [4.78, 5) is 19.8. The van der Waals surface area contributed by atoms with Gasteiger partial charge in [-0.1, -0.05) is 0 Å². The highest BCUT2D eigenvalue weighted by atomic mass is 32.1. The minimum atomic E-state index is 0.192. The lowest BCUT2D eigenvalue weighted by Crippen LogP contribution is -2.47. The maximum absolute atomic E-state index is 12.6. The maximum atomic E-state index is 12.6. The Kier molecular flexibility index (Phi) is 3.82. The van der Waals surface area contributed by atoms with Crippen LogP contribution in [0.5, 0.6) is 0 Å². The second-order valence-corrected chi connectivity index (χ2v) is 7.39. The van der Waals surface area contributed by atoms with Crippen LogP contribution in [0.1, 0.15) is 46.1 Å². The molecule has 1 aromatic heterocycles. The van der Waals surface area contributed by atoms with Crippen molar-refractivity contribution in [3.8, 4) is 0 Å². The van der Waals surface area contributed by atoms with Gasteiger partial charge in [-0.2, -0.15) is 0 Å². The van der Waals surface area contributed by atoms with E-state index in [9.17, 15) is 4.79 Å². The van der Waals surface area contributed by atoms with Gasteiger partial charge in [-0.15, -0.1) is 11.3 Å². The monoisotopic (exact) mass is 293 g/mol. The minimum Gasteiger partial charge on any atom is -0.338 e. The number of hydrogen-bond acceptors (Lipinski definition) is 4. The van der Waals surface area contributed by atoms with Crippen LogP contribution in [0.4, 0.5) is 0 Å². The molecule has 0 atom stereocenters. The molecule has 0 radical (unpaired) electrons. The molecule has 0 bridgehead atoms. The number of hydrogen-bond donors (Lipinski definition) is 1. The smallest absolute Gasteiger partial charge is 0.265 e. The zero-order valence-corrected chi connectivity index (χ0v) is 13.2. The van der Waals surface area contributed by atoms with E-state index in [0.717, 1.165) is 54.6 Å². The van der Waals surface area contributed by atoms with E-state index in [1.165, 1.54) is 24.2 Å².